The first-order valence-corrected chi connectivity index (χ1v) is 6.68. The number of aromatic hydroxyl groups is 1. The molecule has 1 aromatic heterocycles. The van der Waals surface area contributed by atoms with Crippen LogP contribution in [0.15, 0.2) is 34.2 Å². The van der Waals surface area contributed by atoms with E-state index in [0.717, 1.165) is 17.8 Å². The molecule has 0 fully saturated rings. The summed E-state index contributed by atoms with van der Waals surface area (Å²) in [6.07, 6.45) is 0. The monoisotopic (exact) mass is 313 g/mol. The Kier molecular flexibility index (Phi) is 4.26. The Bertz CT molecular complexity index is 719. The molecule has 0 atom stereocenters. The third-order valence-electron chi connectivity index (χ3n) is 2.35. The molecule has 0 unspecified atom stereocenters. The molecule has 0 aliphatic rings. The standard InChI is InChI=1S/C11H8ClN3O4S/c12-7-2-1-3-8(15(18)19)6(7)5-20-11-13-9(16)4-10(17)14-11/h1-4H,5H2,(H2,13,14,16,17). The number of H-pyrrole nitrogens is 1. The van der Waals surface area contributed by atoms with E-state index in [1.54, 1.807) is 6.07 Å². The normalized spacial score (nSPS) is 10.4. The van der Waals surface area contributed by atoms with Gasteiger partial charge in [0.2, 0.25) is 5.88 Å². The van der Waals surface area contributed by atoms with Crippen molar-refractivity contribution < 1.29 is 10.0 Å². The maximum Gasteiger partial charge on any atom is 0.274 e. The zero-order valence-corrected chi connectivity index (χ0v) is 11.4. The van der Waals surface area contributed by atoms with Gasteiger partial charge >= 0.3 is 0 Å². The Labute approximate surface area is 121 Å². The average molecular weight is 314 g/mol. The third-order valence-corrected chi connectivity index (χ3v) is 3.60. The number of thioether (sulfide) groups is 1. The van der Waals surface area contributed by atoms with Crippen LogP contribution in [0.4, 0.5) is 5.69 Å². The second-order valence-electron chi connectivity index (χ2n) is 3.69. The lowest BCUT2D eigenvalue weighted by molar-refractivity contribution is -0.385. The molecule has 2 rings (SSSR count). The molecule has 0 aliphatic carbocycles. The highest BCUT2D eigenvalue weighted by Crippen LogP contribution is 2.31. The number of aromatic amines is 1. The van der Waals surface area contributed by atoms with Gasteiger partial charge in [-0.05, 0) is 6.07 Å². The SMILES string of the molecule is O=c1cc(O)nc(SCc2c(Cl)cccc2[N+](=O)[O-])[nH]1. The van der Waals surface area contributed by atoms with Gasteiger partial charge in [0, 0.05) is 11.8 Å². The molecular formula is C11H8ClN3O4S. The quantitative estimate of drug-likeness (QED) is 0.388. The van der Waals surface area contributed by atoms with Gasteiger partial charge in [0.1, 0.15) is 0 Å². The first kappa shape index (κ1) is 14.4. The summed E-state index contributed by atoms with van der Waals surface area (Å²) in [5, 5.41) is 20.5. The molecule has 20 heavy (non-hydrogen) atoms. The predicted molar refractivity (Wildman–Crippen MR) is 74.2 cm³/mol. The zero-order chi connectivity index (χ0) is 14.7. The summed E-state index contributed by atoms with van der Waals surface area (Å²) in [5.41, 5.74) is -0.281. The number of rotatable bonds is 4. The van der Waals surface area contributed by atoms with E-state index in [2.05, 4.69) is 9.97 Å². The molecule has 0 saturated carbocycles. The molecule has 0 spiro atoms. The summed E-state index contributed by atoms with van der Waals surface area (Å²) in [6.45, 7) is 0. The number of nitrogens with zero attached hydrogens (tertiary/aromatic N) is 2. The van der Waals surface area contributed by atoms with E-state index in [4.69, 9.17) is 11.6 Å². The first-order valence-electron chi connectivity index (χ1n) is 5.32. The van der Waals surface area contributed by atoms with E-state index in [9.17, 15) is 20.0 Å². The van der Waals surface area contributed by atoms with Crippen molar-refractivity contribution in [3.63, 3.8) is 0 Å². The van der Waals surface area contributed by atoms with Gasteiger partial charge in [-0.2, -0.15) is 4.98 Å². The minimum absolute atomic E-state index is 0.104. The van der Waals surface area contributed by atoms with Gasteiger partial charge in [-0.1, -0.05) is 29.4 Å². The van der Waals surface area contributed by atoms with Crippen LogP contribution in [0.2, 0.25) is 5.02 Å². The molecule has 0 saturated heterocycles. The number of hydrogen-bond acceptors (Lipinski definition) is 6. The fourth-order valence-corrected chi connectivity index (χ4v) is 2.72. The lowest BCUT2D eigenvalue weighted by Gasteiger charge is -2.05. The van der Waals surface area contributed by atoms with E-state index in [0.29, 0.717) is 5.56 Å². The molecule has 7 nitrogen and oxygen atoms in total. The van der Waals surface area contributed by atoms with E-state index in [-0.39, 0.29) is 21.6 Å². The molecule has 0 bridgehead atoms. The van der Waals surface area contributed by atoms with Crippen LogP contribution in [0.1, 0.15) is 5.56 Å². The summed E-state index contributed by atoms with van der Waals surface area (Å²) in [4.78, 5) is 27.7. The van der Waals surface area contributed by atoms with Gasteiger partial charge in [-0.15, -0.1) is 0 Å². The number of nitro groups is 1. The number of nitrogens with one attached hydrogen (secondary N) is 1. The third kappa shape index (κ3) is 3.28. The lowest BCUT2D eigenvalue weighted by atomic mass is 10.2. The fraction of sp³-hybridized carbons (Fsp3) is 0.0909. The van der Waals surface area contributed by atoms with Crippen molar-refractivity contribution in [1.29, 1.82) is 0 Å². The van der Waals surface area contributed by atoms with Crippen LogP contribution in [0.3, 0.4) is 0 Å². The topological polar surface area (TPSA) is 109 Å². The van der Waals surface area contributed by atoms with E-state index < -0.39 is 16.4 Å². The van der Waals surface area contributed by atoms with Crippen LogP contribution < -0.4 is 5.56 Å². The maximum atomic E-state index is 11.2. The highest BCUT2D eigenvalue weighted by Gasteiger charge is 2.17. The average Bonchev–Trinajstić information content (AvgIpc) is 2.35. The number of halogens is 1. The minimum atomic E-state index is -0.527. The van der Waals surface area contributed by atoms with Crippen LogP contribution in [0, 0.1) is 10.1 Å². The molecule has 104 valence electrons. The van der Waals surface area contributed by atoms with Gasteiger partial charge < -0.3 is 10.1 Å². The smallest absolute Gasteiger partial charge is 0.274 e. The zero-order valence-electron chi connectivity index (χ0n) is 9.87. The maximum absolute atomic E-state index is 11.2. The largest absolute Gasteiger partial charge is 0.493 e. The fourth-order valence-electron chi connectivity index (χ4n) is 1.49. The van der Waals surface area contributed by atoms with E-state index >= 15 is 0 Å². The van der Waals surface area contributed by atoms with Crippen molar-refractivity contribution in [1.82, 2.24) is 9.97 Å². The Morgan fingerprint density at radius 2 is 2.25 bits per heavy atom. The van der Waals surface area contributed by atoms with Crippen LogP contribution in [0.5, 0.6) is 5.88 Å². The van der Waals surface area contributed by atoms with Crippen molar-refractivity contribution in [3.05, 3.63) is 55.3 Å². The molecule has 9 heteroatoms. The Balaban J connectivity index is 2.27. The first-order chi connectivity index (χ1) is 9.47. The lowest BCUT2D eigenvalue weighted by Crippen LogP contribution is -2.06. The summed E-state index contributed by atoms with van der Waals surface area (Å²) in [7, 11) is 0. The van der Waals surface area contributed by atoms with Crippen LogP contribution in [-0.2, 0) is 5.75 Å². The van der Waals surface area contributed by atoms with Gasteiger partial charge in [0.25, 0.3) is 11.2 Å². The summed E-state index contributed by atoms with van der Waals surface area (Å²) in [6, 6.07) is 5.31. The van der Waals surface area contributed by atoms with Crippen LogP contribution in [0.25, 0.3) is 0 Å². The van der Waals surface area contributed by atoms with Crippen molar-refractivity contribution in [2.45, 2.75) is 10.9 Å². The Morgan fingerprint density at radius 1 is 1.50 bits per heavy atom. The molecule has 2 aromatic rings. The number of benzene rings is 1. The van der Waals surface area contributed by atoms with Gasteiger partial charge in [0.15, 0.2) is 5.16 Å². The van der Waals surface area contributed by atoms with Gasteiger partial charge in [0.05, 0.1) is 21.6 Å². The Morgan fingerprint density at radius 3 is 2.90 bits per heavy atom. The molecule has 2 N–H and O–H groups in total. The second kappa shape index (κ2) is 5.93. The number of nitro benzene ring substituents is 1. The summed E-state index contributed by atoms with van der Waals surface area (Å²) in [5.74, 6) is -0.271. The summed E-state index contributed by atoms with van der Waals surface area (Å²) >= 11 is 6.97. The number of aromatic nitrogens is 2. The van der Waals surface area contributed by atoms with Gasteiger partial charge in [-0.25, -0.2) is 0 Å². The molecule has 1 heterocycles. The van der Waals surface area contributed by atoms with Crippen LogP contribution >= 0.6 is 23.4 Å². The molecule has 0 amide bonds. The molecule has 0 radical (unpaired) electrons. The van der Waals surface area contributed by atoms with Gasteiger partial charge in [-0.3, -0.25) is 14.9 Å². The highest BCUT2D eigenvalue weighted by molar-refractivity contribution is 7.98. The van der Waals surface area contributed by atoms with Crippen molar-refractivity contribution in [2.24, 2.45) is 0 Å². The predicted octanol–water partition coefficient (Wildman–Crippen LogP) is 2.33. The van der Waals surface area contributed by atoms with Crippen molar-refractivity contribution >= 4 is 29.1 Å². The molecular weight excluding hydrogens is 306 g/mol. The minimum Gasteiger partial charge on any atom is -0.493 e. The second-order valence-corrected chi connectivity index (χ2v) is 5.06. The number of hydrogen-bond donors (Lipinski definition) is 2. The molecule has 1 aromatic carbocycles. The van der Waals surface area contributed by atoms with Crippen molar-refractivity contribution in [3.8, 4) is 5.88 Å². The molecule has 0 aliphatic heterocycles. The Hall–Kier alpha value is -2.06. The van der Waals surface area contributed by atoms with Crippen LogP contribution in [-0.4, -0.2) is 20.0 Å². The van der Waals surface area contributed by atoms with Crippen molar-refractivity contribution in [2.75, 3.05) is 0 Å². The summed E-state index contributed by atoms with van der Waals surface area (Å²) < 4.78 is 0. The highest BCUT2D eigenvalue weighted by atomic mass is 35.5. The van der Waals surface area contributed by atoms with E-state index in [1.807, 2.05) is 0 Å². The van der Waals surface area contributed by atoms with E-state index in [1.165, 1.54) is 12.1 Å².